The van der Waals surface area contributed by atoms with E-state index in [0.717, 1.165) is 28.7 Å². The van der Waals surface area contributed by atoms with Crippen molar-refractivity contribution in [3.05, 3.63) is 72.9 Å². The van der Waals surface area contributed by atoms with E-state index in [-0.39, 0.29) is 11.8 Å². The summed E-state index contributed by atoms with van der Waals surface area (Å²) < 4.78 is 14.9. The summed E-state index contributed by atoms with van der Waals surface area (Å²) in [6.07, 6.45) is 6.05. The zero-order valence-corrected chi connectivity index (χ0v) is 16.2. The minimum atomic E-state index is -0.282. The molecule has 0 unspecified atom stereocenters. The largest absolute Gasteiger partial charge is 0.338 e. The average Bonchev–Trinajstić information content (AvgIpc) is 3.18. The Kier molecular flexibility index (Phi) is 5.67. The van der Waals surface area contributed by atoms with E-state index in [2.05, 4.69) is 20.7 Å². The Hall–Kier alpha value is -3.78. The highest BCUT2D eigenvalue weighted by atomic mass is 19.1. The number of anilines is 1. The summed E-state index contributed by atoms with van der Waals surface area (Å²) in [5, 5.41) is 9.98. The van der Waals surface area contributed by atoms with E-state index in [1.54, 1.807) is 29.0 Å². The molecule has 0 aliphatic heterocycles. The number of carbonyl (C=O) groups excluding carboxylic acids is 1. The van der Waals surface area contributed by atoms with E-state index in [9.17, 15) is 9.18 Å². The molecule has 2 heterocycles. The number of hydrogen-bond acceptors (Lipinski definition) is 4. The normalized spacial score (nSPS) is 10.9. The molecular weight excluding hydrogens is 383 g/mol. The lowest BCUT2D eigenvalue weighted by atomic mass is 10.1. The highest BCUT2D eigenvalue weighted by Gasteiger charge is 2.11. The highest BCUT2D eigenvalue weighted by molar-refractivity contribution is 5.90. The quantitative estimate of drug-likeness (QED) is 0.427. The van der Waals surface area contributed by atoms with Gasteiger partial charge in [0.25, 0.3) is 0 Å². The van der Waals surface area contributed by atoms with Gasteiger partial charge in [-0.2, -0.15) is 5.10 Å². The number of nitrogens with zero attached hydrogens (tertiary/aromatic N) is 3. The van der Waals surface area contributed by atoms with Crippen molar-refractivity contribution in [2.24, 2.45) is 5.73 Å². The van der Waals surface area contributed by atoms with Crippen LogP contribution in [0.5, 0.6) is 0 Å². The van der Waals surface area contributed by atoms with Crippen LogP contribution in [-0.2, 0) is 0 Å². The molecular formula is C22H21FN6O. The van der Waals surface area contributed by atoms with Gasteiger partial charge in [0, 0.05) is 35.8 Å². The van der Waals surface area contributed by atoms with Crippen LogP contribution in [-0.4, -0.2) is 33.7 Å². The van der Waals surface area contributed by atoms with Gasteiger partial charge in [0.2, 0.25) is 0 Å². The lowest BCUT2D eigenvalue weighted by Crippen LogP contribution is -2.30. The van der Waals surface area contributed by atoms with Crippen molar-refractivity contribution in [2.45, 2.75) is 6.42 Å². The Labute approximate surface area is 172 Å². The standard InChI is InChI=1S/C22H21FN6O/c23-18-7-5-15(6-8-18)17-12-26-21-20(13-27-29(21)14-17)16-3-1-4-19(11-16)28-22(30)25-10-2-9-24/h1,3-8,11-14H,2,9-10,24H2,(H2,25,28,30). The number of hydrogen-bond donors (Lipinski definition) is 3. The lowest BCUT2D eigenvalue weighted by Gasteiger charge is -2.08. The highest BCUT2D eigenvalue weighted by Crippen LogP contribution is 2.27. The average molecular weight is 404 g/mol. The van der Waals surface area contributed by atoms with Gasteiger partial charge in [-0.05, 0) is 48.4 Å². The Morgan fingerprint density at radius 2 is 1.90 bits per heavy atom. The first-order valence-corrected chi connectivity index (χ1v) is 9.59. The first-order valence-electron chi connectivity index (χ1n) is 9.59. The number of amides is 2. The zero-order chi connectivity index (χ0) is 20.9. The number of nitrogens with two attached hydrogens (primary N) is 1. The van der Waals surface area contributed by atoms with Crippen LogP contribution in [0.3, 0.4) is 0 Å². The van der Waals surface area contributed by atoms with E-state index in [0.29, 0.717) is 24.4 Å². The maximum Gasteiger partial charge on any atom is 0.319 e. The molecule has 0 aliphatic carbocycles. The van der Waals surface area contributed by atoms with Gasteiger partial charge in [0.1, 0.15) is 5.82 Å². The molecule has 0 aliphatic rings. The maximum absolute atomic E-state index is 13.2. The summed E-state index contributed by atoms with van der Waals surface area (Å²) in [5.41, 5.74) is 10.2. The molecule has 2 aromatic heterocycles. The number of nitrogens with one attached hydrogen (secondary N) is 2. The molecule has 0 atom stereocenters. The molecule has 4 N–H and O–H groups in total. The molecule has 4 rings (SSSR count). The number of halogens is 1. The first kappa shape index (κ1) is 19.5. The van der Waals surface area contributed by atoms with E-state index in [4.69, 9.17) is 5.73 Å². The monoisotopic (exact) mass is 404 g/mol. The van der Waals surface area contributed by atoms with Crippen LogP contribution in [0.4, 0.5) is 14.9 Å². The Bertz CT molecular complexity index is 1170. The SMILES string of the molecule is NCCCNC(=O)Nc1cccc(-c2cnn3cc(-c4ccc(F)cc4)cnc23)c1. The van der Waals surface area contributed by atoms with Gasteiger partial charge in [-0.3, -0.25) is 0 Å². The van der Waals surface area contributed by atoms with Crippen molar-refractivity contribution in [1.29, 1.82) is 0 Å². The number of carbonyl (C=O) groups is 1. The van der Waals surface area contributed by atoms with Crippen molar-refractivity contribution in [2.75, 3.05) is 18.4 Å². The summed E-state index contributed by atoms with van der Waals surface area (Å²) in [7, 11) is 0. The van der Waals surface area contributed by atoms with Crippen LogP contribution < -0.4 is 16.4 Å². The van der Waals surface area contributed by atoms with E-state index >= 15 is 0 Å². The van der Waals surface area contributed by atoms with Gasteiger partial charge >= 0.3 is 6.03 Å². The molecule has 30 heavy (non-hydrogen) atoms. The molecule has 0 radical (unpaired) electrons. The van der Waals surface area contributed by atoms with E-state index in [1.165, 1.54) is 12.1 Å². The molecule has 0 spiro atoms. The van der Waals surface area contributed by atoms with Crippen molar-refractivity contribution in [3.63, 3.8) is 0 Å². The van der Waals surface area contributed by atoms with Gasteiger partial charge in [-0.25, -0.2) is 18.7 Å². The third-order valence-electron chi connectivity index (χ3n) is 4.63. The van der Waals surface area contributed by atoms with Crippen molar-refractivity contribution in [1.82, 2.24) is 19.9 Å². The fourth-order valence-electron chi connectivity index (χ4n) is 3.11. The molecule has 0 bridgehead atoms. The molecule has 8 heteroatoms. The zero-order valence-electron chi connectivity index (χ0n) is 16.2. The van der Waals surface area contributed by atoms with Gasteiger partial charge in [0.05, 0.1) is 6.20 Å². The molecule has 7 nitrogen and oxygen atoms in total. The minimum Gasteiger partial charge on any atom is -0.338 e. The van der Waals surface area contributed by atoms with Crippen LogP contribution in [0.15, 0.2) is 67.1 Å². The van der Waals surface area contributed by atoms with Crippen molar-refractivity contribution < 1.29 is 9.18 Å². The van der Waals surface area contributed by atoms with Crippen LogP contribution >= 0.6 is 0 Å². The van der Waals surface area contributed by atoms with Gasteiger partial charge in [-0.1, -0.05) is 24.3 Å². The second-order valence-electron chi connectivity index (χ2n) is 6.78. The Morgan fingerprint density at radius 1 is 1.07 bits per heavy atom. The molecule has 0 saturated carbocycles. The Balaban J connectivity index is 1.57. The summed E-state index contributed by atoms with van der Waals surface area (Å²) >= 11 is 0. The van der Waals surface area contributed by atoms with Gasteiger partial charge in [0.15, 0.2) is 5.65 Å². The second-order valence-corrected chi connectivity index (χ2v) is 6.78. The molecule has 0 saturated heterocycles. The van der Waals surface area contributed by atoms with Gasteiger partial charge < -0.3 is 16.4 Å². The number of fused-ring (bicyclic) bond motifs is 1. The Morgan fingerprint density at radius 3 is 2.70 bits per heavy atom. The molecule has 2 amide bonds. The van der Waals surface area contributed by atoms with Crippen LogP contribution in [0.1, 0.15) is 6.42 Å². The van der Waals surface area contributed by atoms with Crippen molar-refractivity contribution >= 4 is 17.4 Å². The molecule has 0 fully saturated rings. The van der Waals surface area contributed by atoms with Crippen LogP contribution in [0, 0.1) is 5.82 Å². The summed E-state index contributed by atoms with van der Waals surface area (Å²) in [4.78, 5) is 16.5. The molecule has 4 aromatic rings. The van der Waals surface area contributed by atoms with Crippen LogP contribution in [0.2, 0.25) is 0 Å². The maximum atomic E-state index is 13.2. The predicted molar refractivity (Wildman–Crippen MR) is 115 cm³/mol. The number of urea groups is 1. The third kappa shape index (κ3) is 4.28. The fraction of sp³-hybridized carbons (Fsp3) is 0.136. The number of rotatable bonds is 6. The summed E-state index contributed by atoms with van der Waals surface area (Å²) in [6.45, 7) is 1.05. The lowest BCUT2D eigenvalue weighted by molar-refractivity contribution is 0.252. The minimum absolute atomic E-state index is 0.275. The number of benzene rings is 2. The predicted octanol–water partition coefficient (Wildman–Crippen LogP) is 3.67. The van der Waals surface area contributed by atoms with Crippen molar-refractivity contribution in [3.8, 4) is 22.3 Å². The van der Waals surface area contributed by atoms with E-state index < -0.39 is 0 Å². The smallest absolute Gasteiger partial charge is 0.319 e. The molecule has 2 aromatic carbocycles. The number of aromatic nitrogens is 3. The second kappa shape index (κ2) is 8.71. The topological polar surface area (TPSA) is 97.3 Å². The summed E-state index contributed by atoms with van der Waals surface area (Å²) in [6, 6.07) is 13.4. The van der Waals surface area contributed by atoms with E-state index in [1.807, 2.05) is 30.5 Å². The summed E-state index contributed by atoms with van der Waals surface area (Å²) in [5.74, 6) is -0.282. The van der Waals surface area contributed by atoms with Crippen LogP contribution in [0.25, 0.3) is 27.9 Å². The van der Waals surface area contributed by atoms with Gasteiger partial charge in [-0.15, -0.1) is 0 Å². The first-order chi connectivity index (χ1) is 14.6. The fourth-order valence-corrected chi connectivity index (χ4v) is 3.11. The third-order valence-corrected chi connectivity index (χ3v) is 4.63. The molecule has 152 valence electrons.